The Morgan fingerprint density at radius 3 is 2.95 bits per heavy atom. The van der Waals surface area contributed by atoms with Crippen molar-refractivity contribution in [3.63, 3.8) is 0 Å². The molecule has 0 amide bonds. The first-order valence-electron chi connectivity index (χ1n) is 7.86. The molecule has 0 bridgehead atoms. The highest BCUT2D eigenvalue weighted by Gasteiger charge is 2.29. The number of nitrogens with zero attached hydrogens (tertiary/aromatic N) is 2. The van der Waals surface area contributed by atoms with E-state index < -0.39 is 0 Å². The second-order valence-electron chi connectivity index (χ2n) is 6.07. The van der Waals surface area contributed by atoms with Crippen molar-refractivity contribution in [2.45, 2.75) is 57.9 Å². The Kier molecular flexibility index (Phi) is 3.67. The van der Waals surface area contributed by atoms with Gasteiger partial charge < -0.3 is 10.6 Å². The Labute approximate surface area is 116 Å². The third-order valence-corrected chi connectivity index (χ3v) is 4.63. The minimum absolute atomic E-state index is 0.626. The maximum atomic E-state index is 4.68. The lowest BCUT2D eigenvalue weighted by Crippen LogP contribution is -2.31. The van der Waals surface area contributed by atoms with Gasteiger partial charge in [-0.15, -0.1) is 0 Å². The summed E-state index contributed by atoms with van der Waals surface area (Å²) < 4.78 is 2.03. The summed E-state index contributed by atoms with van der Waals surface area (Å²) in [4.78, 5) is 0. The van der Waals surface area contributed by atoms with Crippen molar-refractivity contribution in [3.8, 4) is 0 Å². The van der Waals surface area contributed by atoms with Gasteiger partial charge in [0, 0.05) is 19.6 Å². The second kappa shape index (κ2) is 5.43. The molecule has 0 saturated heterocycles. The molecule has 1 aliphatic carbocycles. The van der Waals surface area contributed by atoms with E-state index >= 15 is 0 Å². The maximum Gasteiger partial charge on any atom is 0.148 e. The van der Waals surface area contributed by atoms with Crippen LogP contribution in [0.1, 0.15) is 51.1 Å². The first kappa shape index (κ1) is 12.8. The van der Waals surface area contributed by atoms with Gasteiger partial charge in [0.05, 0.1) is 5.69 Å². The SMILES string of the molecule is CCCc1nn(C)c2c1NCC1CCCCCC1N2. The molecule has 2 unspecified atom stereocenters. The predicted molar refractivity (Wildman–Crippen MR) is 79.7 cm³/mol. The van der Waals surface area contributed by atoms with E-state index in [1.807, 2.05) is 4.68 Å². The number of fused-ring (bicyclic) bond motifs is 2. The number of aryl methyl sites for hydroxylation is 2. The molecular formula is C15H26N4. The summed E-state index contributed by atoms with van der Waals surface area (Å²) in [6.45, 7) is 3.32. The number of rotatable bonds is 2. The van der Waals surface area contributed by atoms with Gasteiger partial charge in [-0.1, -0.05) is 32.6 Å². The van der Waals surface area contributed by atoms with Crippen molar-refractivity contribution in [2.75, 3.05) is 17.2 Å². The molecule has 3 rings (SSSR count). The topological polar surface area (TPSA) is 41.9 Å². The van der Waals surface area contributed by atoms with Gasteiger partial charge in [0.2, 0.25) is 0 Å². The van der Waals surface area contributed by atoms with Gasteiger partial charge in [-0.2, -0.15) is 5.10 Å². The summed E-state index contributed by atoms with van der Waals surface area (Å²) in [5.41, 5.74) is 2.49. The van der Waals surface area contributed by atoms with Crippen LogP contribution < -0.4 is 10.6 Å². The molecule has 1 saturated carbocycles. The molecule has 0 aromatic carbocycles. The number of anilines is 2. The molecule has 0 spiro atoms. The summed E-state index contributed by atoms with van der Waals surface area (Å²) in [6.07, 6.45) is 9.03. The Balaban J connectivity index is 1.88. The standard InChI is InChI=1S/C15H26N4/c1-3-7-13-14-15(19(2)18-13)17-12-9-6-4-5-8-11(12)10-16-14/h11-12,16-17H,3-10H2,1-2H3. The maximum absolute atomic E-state index is 4.68. The van der Waals surface area contributed by atoms with Gasteiger partial charge in [-0.25, -0.2) is 0 Å². The predicted octanol–water partition coefficient (Wildman–Crippen LogP) is 3.16. The van der Waals surface area contributed by atoms with E-state index in [9.17, 15) is 0 Å². The van der Waals surface area contributed by atoms with Crippen LogP contribution in [0.2, 0.25) is 0 Å². The van der Waals surface area contributed by atoms with Crippen LogP contribution in [-0.2, 0) is 13.5 Å². The summed E-state index contributed by atoms with van der Waals surface area (Å²) in [5.74, 6) is 1.97. The van der Waals surface area contributed by atoms with Gasteiger partial charge in [0.1, 0.15) is 11.5 Å². The van der Waals surface area contributed by atoms with Gasteiger partial charge >= 0.3 is 0 Å². The highest BCUT2D eigenvalue weighted by Crippen LogP contribution is 2.35. The smallest absolute Gasteiger partial charge is 0.148 e. The molecule has 1 aromatic rings. The Morgan fingerprint density at radius 1 is 1.26 bits per heavy atom. The monoisotopic (exact) mass is 262 g/mol. The Hall–Kier alpha value is -1.19. The average Bonchev–Trinajstić information content (AvgIpc) is 2.60. The number of hydrogen-bond acceptors (Lipinski definition) is 3. The van der Waals surface area contributed by atoms with Crippen molar-refractivity contribution in [1.29, 1.82) is 0 Å². The number of nitrogens with one attached hydrogen (secondary N) is 2. The summed E-state index contributed by atoms with van der Waals surface area (Å²) in [7, 11) is 2.06. The average molecular weight is 262 g/mol. The third kappa shape index (κ3) is 2.45. The van der Waals surface area contributed by atoms with E-state index in [1.54, 1.807) is 0 Å². The third-order valence-electron chi connectivity index (χ3n) is 4.63. The lowest BCUT2D eigenvalue weighted by atomic mass is 9.95. The van der Waals surface area contributed by atoms with E-state index in [-0.39, 0.29) is 0 Å². The summed E-state index contributed by atoms with van der Waals surface area (Å²) >= 11 is 0. The molecule has 2 heterocycles. The number of aromatic nitrogens is 2. The molecule has 19 heavy (non-hydrogen) atoms. The fourth-order valence-electron chi connectivity index (χ4n) is 3.57. The molecule has 1 fully saturated rings. The molecular weight excluding hydrogens is 236 g/mol. The Bertz CT molecular complexity index is 438. The minimum atomic E-state index is 0.626. The van der Waals surface area contributed by atoms with Crippen LogP contribution in [-0.4, -0.2) is 22.4 Å². The molecule has 4 heteroatoms. The van der Waals surface area contributed by atoms with E-state index in [2.05, 4.69) is 29.7 Å². The van der Waals surface area contributed by atoms with Crippen LogP contribution >= 0.6 is 0 Å². The second-order valence-corrected chi connectivity index (χ2v) is 6.07. The lowest BCUT2D eigenvalue weighted by molar-refractivity contribution is 0.441. The van der Waals surface area contributed by atoms with Crippen LogP contribution in [0.5, 0.6) is 0 Å². The Morgan fingerprint density at radius 2 is 2.11 bits per heavy atom. The first-order valence-corrected chi connectivity index (χ1v) is 7.86. The zero-order valence-corrected chi connectivity index (χ0v) is 12.2. The fraction of sp³-hybridized carbons (Fsp3) is 0.800. The zero-order valence-electron chi connectivity index (χ0n) is 12.2. The highest BCUT2D eigenvalue weighted by atomic mass is 15.3. The number of hydrogen-bond donors (Lipinski definition) is 2. The summed E-state index contributed by atoms with van der Waals surface area (Å²) in [6, 6.07) is 0.626. The van der Waals surface area contributed by atoms with Gasteiger partial charge in [0.25, 0.3) is 0 Å². The normalized spacial score (nSPS) is 26.4. The van der Waals surface area contributed by atoms with Crippen molar-refractivity contribution in [2.24, 2.45) is 13.0 Å². The van der Waals surface area contributed by atoms with Crippen LogP contribution in [0.4, 0.5) is 11.5 Å². The largest absolute Gasteiger partial charge is 0.380 e. The fourth-order valence-corrected chi connectivity index (χ4v) is 3.57. The quantitative estimate of drug-likeness (QED) is 0.860. The zero-order chi connectivity index (χ0) is 13.2. The lowest BCUT2D eigenvalue weighted by Gasteiger charge is -2.23. The van der Waals surface area contributed by atoms with Crippen molar-refractivity contribution >= 4 is 11.5 Å². The molecule has 2 aliphatic rings. The molecule has 1 aliphatic heterocycles. The van der Waals surface area contributed by atoms with Crippen molar-refractivity contribution in [1.82, 2.24) is 9.78 Å². The molecule has 0 radical (unpaired) electrons. The van der Waals surface area contributed by atoms with Crippen molar-refractivity contribution < 1.29 is 0 Å². The van der Waals surface area contributed by atoms with Crippen LogP contribution in [0.15, 0.2) is 0 Å². The van der Waals surface area contributed by atoms with E-state index in [1.165, 1.54) is 49.3 Å². The van der Waals surface area contributed by atoms with Gasteiger partial charge in [-0.05, 0) is 25.2 Å². The van der Waals surface area contributed by atoms with Crippen LogP contribution in [0.3, 0.4) is 0 Å². The van der Waals surface area contributed by atoms with E-state index in [0.29, 0.717) is 6.04 Å². The highest BCUT2D eigenvalue weighted by molar-refractivity contribution is 5.69. The molecule has 106 valence electrons. The van der Waals surface area contributed by atoms with Gasteiger partial charge in [0.15, 0.2) is 0 Å². The van der Waals surface area contributed by atoms with Crippen LogP contribution in [0.25, 0.3) is 0 Å². The summed E-state index contributed by atoms with van der Waals surface area (Å²) in [5, 5.41) is 12.1. The van der Waals surface area contributed by atoms with Crippen LogP contribution in [0, 0.1) is 5.92 Å². The van der Waals surface area contributed by atoms with Crippen molar-refractivity contribution in [3.05, 3.63) is 5.69 Å². The molecule has 1 aromatic heterocycles. The van der Waals surface area contributed by atoms with E-state index in [0.717, 1.165) is 25.3 Å². The molecule has 2 N–H and O–H groups in total. The molecule has 2 atom stereocenters. The van der Waals surface area contributed by atoms with E-state index in [4.69, 9.17) is 0 Å². The minimum Gasteiger partial charge on any atom is -0.380 e. The molecule has 4 nitrogen and oxygen atoms in total. The first-order chi connectivity index (χ1) is 9.29. The van der Waals surface area contributed by atoms with Gasteiger partial charge in [-0.3, -0.25) is 4.68 Å².